The molecule has 0 bridgehead atoms. The molecule has 3 aromatic rings. The fourth-order valence-corrected chi connectivity index (χ4v) is 5.50. The van der Waals surface area contributed by atoms with Crippen LogP contribution in [0.4, 0.5) is 0 Å². The minimum absolute atomic E-state index is 0.116. The topological polar surface area (TPSA) is 68.2 Å². The SMILES string of the molecule is Cc1cn(C)c2c(/C=C/C(=O)NS(=O)(=O)c3cc(Cl)c(Cl)s3)cccc12. The van der Waals surface area contributed by atoms with E-state index < -0.39 is 15.9 Å². The second kappa shape index (κ2) is 7.08. The fourth-order valence-electron chi connectivity index (χ4n) is 2.67. The van der Waals surface area contributed by atoms with Crippen LogP contribution < -0.4 is 4.72 Å². The predicted octanol–water partition coefficient (Wildman–Crippen LogP) is 4.37. The van der Waals surface area contributed by atoms with Gasteiger partial charge in [0.25, 0.3) is 15.9 Å². The van der Waals surface area contributed by atoms with Crippen LogP contribution in [0.5, 0.6) is 0 Å². The molecule has 0 saturated carbocycles. The number of thiophene rings is 1. The molecule has 1 amide bonds. The maximum atomic E-state index is 12.2. The van der Waals surface area contributed by atoms with Crippen LogP contribution in [0, 0.1) is 6.92 Å². The molecule has 5 nitrogen and oxygen atoms in total. The van der Waals surface area contributed by atoms with Crippen molar-refractivity contribution in [2.45, 2.75) is 11.1 Å². The molecular weight excluding hydrogens is 415 g/mol. The van der Waals surface area contributed by atoms with Gasteiger partial charge in [-0.2, -0.15) is 0 Å². The van der Waals surface area contributed by atoms with Gasteiger partial charge in [0, 0.05) is 24.7 Å². The Bertz CT molecular complexity index is 1120. The summed E-state index contributed by atoms with van der Waals surface area (Å²) >= 11 is 12.3. The van der Waals surface area contributed by atoms with Gasteiger partial charge >= 0.3 is 0 Å². The highest BCUT2D eigenvalue weighted by atomic mass is 35.5. The van der Waals surface area contributed by atoms with Gasteiger partial charge in [-0.25, -0.2) is 13.1 Å². The number of nitrogens with one attached hydrogen (secondary N) is 1. The quantitative estimate of drug-likeness (QED) is 0.627. The predicted molar refractivity (Wildman–Crippen MR) is 106 cm³/mol. The number of amides is 1. The number of aryl methyl sites for hydroxylation is 2. The van der Waals surface area contributed by atoms with Crippen LogP contribution in [0.3, 0.4) is 0 Å². The lowest BCUT2D eigenvalue weighted by Gasteiger charge is -2.03. The van der Waals surface area contributed by atoms with Crippen molar-refractivity contribution in [1.29, 1.82) is 0 Å². The molecule has 2 heterocycles. The first-order valence-corrected chi connectivity index (χ1v) is 10.5. The van der Waals surface area contributed by atoms with Crippen molar-refractivity contribution in [3.8, 4) is 0 Å². The van der Waals surface area contributed by atoms with Crippen molar-refractivity contribution in [2.24, 2.45) is 7.05 Å². The third-order valence-electron chi connectivity index (χ3n) is 3.77. The zero-order valence-electron chi connectivity index (χ0n) is 13.8. The maximum absolute atomic E-state index is 12.2. The van der Waals surface area contributed by atoms with E-state index in [0.29, 0.717) is 0 Å². The van der Waals surface area contributed by atoms with E-state index in [2.05, 4.69) is 0 Å². The van der Waals surface area contributed by atoms with Crippen LogP contribution >= 0.6 is 34.5 Å². The van der Waals surface area contributed by atoms with Gasteiger partial charge in [0.15, 0.2) is 0 Å². The van der Waals surface area contributed by atoms with E-state index in [1.807, 2.05) is 47.7 Å². The number of fused-ring (bicyclic) bond motifs is 1. The zero-order chi connectivity index (χ0) is 19.1. The first-order chi connectivity index (χ1) is 12.2. The molecule has 0 unspecified atom stereocenters. The van der Waals surface area contributed by atoms with Gasteiger partial charge in [-0.1, -0.05) is 41.4 Å². The minimum atomic E-state index is -4.02. The van der Waals surface area contributed by atoms with Gasteiger partial charge < -0.3 is 4.57 Å². The smallest absolute Gasteiger partial charge is 0.273 e. The number of hydrogen-bond donors (Lipinski definition) is 1. The van der Waals surface area contributed by atoms with Gasteiger partial charge in [0.2, 0.25) is 0 Å². The first kappa shape index (κ1) is 19.0. The fraction of sp³-hybridized carbons (Fsp3) is 0.118. The van der Waals surface area contributed by atoms with Crippen molar-refractivity contribution < 1.29 is 13.2 Å². The number of benzene rings is 1. The molecular formula is C17H14Cl2N2O3S2. The molecule has 0 aliphatic heterocycles. The molecule has 0 aliphatic rings. The Morgan fingerprint density at radius 3 is 2.69 bits per heavy atom. The summed E-state index contributed by atoms with van der Waals surface area (Å²) in [5.74, 6) is -0.756. The minimum Gasteiger partial charge on any atom is -0.350 e. The molecule has 9 heteroatoms. The monoisotopic (exact) mass is 428 g/mol. The molecule has 26 heavy (non-hydrogen) atoms. The van der Waals surface area contributed by atoms with E-state index >= 15 is 0 Å². The highest BCUT2D eigenvalue weighted by molar-refractivity contribution is 7.92. The van der Waals surface area contributed by atoms with Crippen LogP contribution in [0.1, 0.15) is 11.1 Å². The molecule has 3 rings (SSSR count). The molecule has 136 valence electrons. The van der Waals surface area contributed by atoms with Gasteiger partial charge in [0.05, 0.1) is 10.5 Å². The first-order valence-electron chi connectivity index (χ1n) is 7.43. The number of hydrogen-bond acceptors (Lipinski definition) is 4. The summed E-state index contributed by atoms with van der Waals surface area (Å²) in [5, 5.41) is 1.20. The molecule has 0 fully saturated rings. The van der Waals surface area contributed by atoms with Crippen LogP contribution in [0.15, 0.2) is 40.7 Å². The number of rotatable bonds is 4. The van der Waals surface area contributed by atoms with Gasteiger partial charge in [-0.05, 0) is 30.2 Å². The van der Waals surface area contributed by atoms with Gasteiger partial charge in [0.1, 0.15) is 8.55 Å². The Balaban J connectivity index is 1.84. The van der Waals surface area contributed by atoms with E-state index in [4.69, 9.17) is 23.2 Å². The molecule has 2 aromatic heterocycles. The number of carbonyl (C=O) groups excluding carboxylic acids is 1. The number of carbonyl (C=O) groups is 1. The molecule has 0 atom stereocenters. The summed E-state index contributed by atoms with van der Waals surface area (Å²) in [5.41, 5.74) is 2.90. The van der Waals surface area contributed by atoms with Crippen LogP contribution in [0.25, 0.3) is 17.0 Å². The summed E-state index contributed by atoms with van der Waals surface area (Å²) < 4.78 is 28.4. The Hall–Kier alpha value is -1.80. The van der Waals surface area contributed by atoms with Crippen molar-refractivity contribution in [3.05, 3.63) is 57.0 Å². The van der Waals surface area contributed by atoms with Crippen LogP contribution in [-0.4, -0.2) is 18.9 Å². The molecule has 0 spiro atoms. The van der Waals surface area contributed by atoms with Crippen molar-refractivity contribution in [1.82, 2.24) is 9.29 Å². The van der Waals surface area contributed by atoms with Gasteiger partial charge in [-0.15, -0.1) is 11.3 Å². The van der Waals surface area contributed by atoms with Crippen molar-refractivity contribution in [2.75, 3.05) is 0 Å². The third kappa shape index (κ3) is 3.66. The Labute approximate surface area is 164 Å². The highest BCUT2D eigenvalue weighted by Crippen LogP contribution is 2.34. The van der Waals surface area contributed by atoms with Crippen molar-refractivity contribution >= 4 is 67.4 Å². The average Bonchev–Trinajstić information content (AvgIpc) is 3.06. The second-order valence-electron chi connectivity index (χ2n) is 5.66. The number of halogens is 2. The van der Waals surface area contributed by atoms with E-state index in [1.165, 1.54) is 12.1 Å². The van der Waals surface area contributed by atoms with E-state index in [9.17, 15) is 13.2 Å². The number of para-hydroxylation sites is 1. The zero-order valence-corrected chi connectivity index (χ0v) is 16.9. The third-order valence-corrected chi connectivity index (χ3v) is 7.45. The molecule has 0 saturated heterocycles. The lowest BCUT2D eigenvalue weighted by atomic mass is 10.1. The largest absolute Gasteiger partial charge is 0.350 e. The summed E-state index contributed by atoms with van der Waals surface area (Å²) in [4.78, 5) is 12.1. The van der Waals surface area contributed by atoms with E-state index in [1.54, 1.807) is 6.08 Å². The Morgan fingerprint density at radius 2 is 2.04 bits per heavy atom. The lowest BCUT2D eigenvalue weighted by Crippen LogP contribution is -2.28. The molecule has 0 aliphatic carbocycles. The molecule has 0 radical (unpaired) electrons. The summed E-state index contributed by atoms with van der Waals surface area (Å²) in [6.45, 7) is 2.01. The Morgan fingerprint density at radius 1 is 1.31 bits per heavy atom. The standard InChI is InChI=1S/C17H14Cl2N2O3S2/c1-10-9-21(2)16-11(4-3-5-12(10)16)6-7-14(22)20-26(23,24)15-8-13(18)17(19)25-15/h3-9H,1-2H3,(H,20,22)/b7-6+. The van der Waals surface area contributed by atoms with Gasteiger partial charge in [-0.3, -0.25) is 4.79 Å². The number of nitrogens with zero attached hydrogens (tertiary/aromatic N) is 1. The number of sulfonamides is 1. The summed E-state index contributed by atoms with van der Waals surface area (Å²) in [6.07, 6.45) is 4.77. The summed E-state index contributed by atoms with van der Waals surface area (Å²) in [7, 11) is -2.10. The normalized spacial score (nSPS) is 12.2. The average molecular weight is 429 g/mol. The van der Waals surface area contributed by atoms with Crippen LogP contribution in [0.2, 0.25) is 9.36 Å². The van der Waals surface area contributed by atoms with Crippen LogP contribution in [-0.2, 0) is 21.9 Å². The molecule has 1 aromatic carbocycles. The summed E-state index contributed by atoms with van der Waals surface area (Å²) in [6, 6.07) is 6.95. The Kier molecular flexibility index (Phi) is 5.16. The number of aromatic nitrogens is 1. The highest BCUT2D eigenvalue weighted by Gasteiger charge is 2.20. The van der Waals surface area contributed by atoms with Crippen molar-refractivity contribution in [3.63, 3.8) is 0 Å². The second-order valence-corrected chi connectivity index (χ2v) is 9.63. The lowest BCUT2D eigenvalue weighted by molar-refractivity contribution is -0.114. The molecule has 1 N–H and O–H groups in total. The maximum Gasteiger partial charge on any atom is 0.273 e. The van der Waals surface area contributed by atoms with E-state index in [0.717, 1.165) is 33.4 Å². The van der Waals surface area contributed by atoms with E-state index in [-0.39, 0.29) is 13.6 Å².